The molecule has 1 amide bonds. The smallest absolute Gasteiger partial charge is 0.308 e. The molecule has 0 aromatic rings. The molecule has 0 bridgehead atoms. The second-order valence-electron chi connectivity index (χ2n) is 4.04. The number of amides is 1. The first-order chi connectivity index (χ1) is 7.25. The Morgan fingerprint density at radius 2 is 2.33 bits per heavy atom. The minimum atomic E-state index is -0.273. The fourth-order valence-corrected chi connectivity index (χ4v) is 2.03. The van der Waals surface area contributed by atoms with Crippen LogP contribution in [0.5, 0.6) is 0 Å². The summed E-state index contributed by atoms with van der Waals surface area (Å²) in [6, 6.07) is 0.391. The highest BCUT2D eigenvalue weighted by molar-refractivity contribution is 5.83. The number of ether oxygens (including phenoxy) is 1. The van der Waals surface area contributed by atoms with Crippen LogP contribution in [0.1, 0.15) is 19.3 Å². The van der Waals surface area contributed by atoms with Gasteiger partial charge in [-0.15, -0.1) is 0 Å². The van der Waals surface area contributed by atoms with E-state index < -0.39 is 0 Å². The van der Waals surface area contributed by atoms with Crippen LogP contribution in [0.2, 0.25) is 0 Å². The van der Waals surface area contributed by atoms with Crippen molar-refractivity contribution >= 4 is 11.9 Å². The molecule has 5 nitrogen and oxygen atoms in total. The van der Waals surface area contributed by atoms with Gasteiger partial charge in [0.1, 0.15) is 0 Å². The summed E-state index contributed by atoms with van der Waals surface area (Å²) in [5.74, 6) is -0.347. The first-order valence-corrected chi connectivity index (χ1v) is 5.42. The highest BCUT2D eigenvalue weighted by Crippen LogP contribution is 2.09. The molecule has 2 saturated heterocycles. The minimum Gasteiger partial charge on any atom is -0.456 e. The lowest BCUT2D eigenvalue weighted by atomic mass is 10.2. The zero-order valence-corrected chi connectivity index (χ0v) is 8.70. The summed E-state index contributed by atoms with van der Waals surface area (Å²) in [6.45, 7) is 2.14. The van der Waals surface area contributed by atoms with Crippen molar-refractivity contribution in [3.63, 3.8) is 0 Å². The molecule has 0 radical (unpaired) electrons. The molecule has 0 aliphatic carbocycles. The second kappa shape index (κ2) is 4.61. The standard InChI is InChI=1S/C10H16N2O3/c13-9-7-15-10(14)3-5-12(9)6-8-2-1-4-11-8/h8,11H,1-7H2. The number of rotatable bonds is 2. The Hall–Kier alpha value is -1.10. The van der Waals surface area contributed by atoms with Gasteiger partial charge in [0.15, 0.2) is 6.61 Å². The monoisotopic (exact) mass is 212 g/mol. The number of nitrogens with one attached hydrogen (secondary N) is 1. The van der Waals surface area contributed by atoms with E-state index in [0.29, 0.717) is 25.6 Å². The van der Waals surface area contributed by atoms with Crippen LogP contribution >= 0.6 is 0 Å². The maximum Gasteiger partial charge on any atom is 0.308 e. The van der Waals surface area contributed by atoms with Crippen molar-refractivity contribution in [3.8, 4) is 0 Å². The molecular weight excluding hydrogens is 196 g/mol. The number of hydrogen-bond acceptors (Lipinski definition) is 4. The van der Waals surface area contributed by atoms with Crippen LogP contribution < -0.4 is 5.32 Å². The highest BCUT2D eigenvalue weighted by Gasteiger charge is 2.25. The van der Waals surface area contributed by atoms with E-state index in [2.05, 4.69) is 5.32 Å². The van der Waals surface area contributed by atoms with Gasteiger partial charge >= 0.3 is 5.97 Å². The summed E-state index contributed by atoms with van der Waals surface area (Å²) >= 11 is 0. The van der Waals surface area contributed by atoms with Crippen molar-refractivity contribution in [1.29, 1.82) is 0 Å². The van der Waals surface area contributed by atoms with Crippen molar-refractivity contribution in [2.24, 2.45) is 0 Å². The number of cyclic esters (lactones) is 1. The van der Waals surface area contributed by atoms with Crippen molar-refractivity contribution in [3.05, 3.63) is 0 Å². The van der Waals surface area contributed by atoms with Crippen LogP contribution in [0.4, 0.5) is 0 Å². The normalized spacial score (nSPS) is 27.7. The molecule has 2 aliphatic rings. The van der Waals surface area contributed by atoms with Crippen molar-refractivity contribution in [2.75, 3.05) is 26.2 Å². The molecule has 1 atom stereocenters. The molecule has 84 valence electrons. The van der Waals surface area contributed by atoms with Crippen LogP contribution in [0.15, 0.2) is 0 Å². The van der Waals surface area contributed by atoms with Crippen LogP contribution in [-0.2, 0) is 14.3 Å². The average molecular weight is 212 g/mol. The molecule has 2 fully saturated rings. The lowest BCUT2D eigenvalue weighted by Gasteiger charge is -2.23. The summed E-state index contributed by atoms with van der Waals surface area (Å²) in [5.41, 5.74) is 0. The zero-order valence-electron chi connectivity index (χ0n) is 8.70. The first-order valence-electron chi connectivity index (χ1n) is 5.42. The van der Waals surface area contributed by atoms with Crippen LogP contribution in [0.3, 0.4) is 0 Å². The van der Waals surface area contributed by atoms with E-state index >= 15 is 0 Å². The Labute approximate surface area is 88.8 Å². The number of hydrogen-bond donors (Lipinski definition) is 1. The third kappa shape index (κ3) is 2.68. The van der Waals surface area contributed by atoms with Crippen LogP contribution in [0.25, 0.3) is 0 Å². The van der Waals surface area contributed by atoms with E-state index in [1.165, 1.54) is 6.42 Å². The van der Waals surface area contributed by atoms with E-state index in [0.717, 1.165) is 13.0 Å². The number of esters is 1. The van der Waals surface area contributed by atoms with Gasteiger partial charge in [0.25, 0.3) is 5.91 Å². The Kier molecular flexibility index (Phi) is 3.20. The quantitative estimate of drug-likeness (QED) is 0.628. The predicted molar refractivity (Wildman–Crippen MR) is 53.2 cm³/mol. The zero-order chi connectivity index (χ0) is 10.7. The molecule has 2 aliphatic heterocycles. The van der Waals surface area contributed by atoms with Gasteiger partial charge in [-0.2, -0.15) is 0 Å². The third-order valence-corrected chi connectivity index (χ3v) is 2.90. The number of carbonyl (C=O) groups is 2. The Bertz CT molecular complexity index is 261. The van der Waals surface area contributed by atoms with Gasteiger partial charge in [0.05, 0.1) is 6.42 Å². The van der Waals surface area contributed by atoms with E-state index in [-0.39, 0.29) is 18.5 Å². The Morgan fingerprint density at radius 3 is 3.07 bits per heavy atom. The molecule has 0 saturated carbocycles. The lowest BCUT2D eigenvalue weighted by Crippen LogP contribution is -2.41. The van der Waals surface area contributed by atoms with Crippen LogP contribution in [-0.4, -0.2) is 49.1 Å². The molecule has 15 heavy (non-hydrogen) atoms. The van der Waals surface area contributed by atoms with Gasteiger partial charge in [-0.05, 0) is 19.4 Å². The van der Waals surface area contributed by atoms with E-state index in [1.807, 2.05) is 0 Å². The predicted octanol–water partition coefficient (Wildman–Crippen LogP) is -0.486. The van der Waals surface area contributed by atoms with Gasteiger partial charge in [-0.1, -0.05) is 0 Å². The van der Waals surface area contributed by atoms with Gasteiger partial charge in [-0.25, -0.2) is 0 Å². The van der Waals surface area contributed by atoms with Gasteiger partial charge in [0, 0.05) is 19.1 Å². The van der Waals surface area contributed by atoms with E-state index in [1.54, 1.807) is 4.90 Å². The molecule has 1 unspecified atom stereocenters. The number of carbonyl (C=O) groups excluding carboxylic acids is 2. The van der Waals surface area contributed by atoms with E-state index in [4.69, 9.17) is 4.74 Å². The fraction of sp³-hybridized carbons (Fsp3) is 0.800. The summed E-state index contributed by atoms with van der Waals surface area (Å²) in [6.07, 6.45) is 2.60. The molecule has 0 aromatic carbocycles. The molecule has 0 aromatic heterocycles. The van der Waals surface area contributed by atoms with Crippen molar-refractivity contribution in [2.45, 2.75) is 25.3 Å². The van der Waals surface area contributed by atoms with Gasteiger partial charge in [0.2, 0.25) is 0 Å². The maximum absolute atomic E-state index is 11.6. The number of nitrogens with zero attached hydrogens (tertiary/aromatic N) is 1. The van der Waals surface area contributed by atoms with Crippen molar-refractivity contribution in [1.82, 2.24) is 10.2 Å². The first kappa shape index (κ1) is 10.4. The van der Waals surface area contributed by atoms with Gasteiger partial charge < -0.3 is 15.0 Å². The van der Waals surface area contributed by atoms with Crippen molar-refractivity contribution < 1.29 is 14.3 Å². The Morgan fingerprint density at radius 1 is 1.47 bits per heavy atom. The summed E-state index contributed by atoms with van der Waals surface area (Å²) in [4.78, 5) is 24.3. The lowest BCUT2D eigenvalue weighted by molar-refractivity contribution is -0.147. The fourth-order valence-electron chi connectivity index (χ4n) is 2.03. The van der Waals surface area contributed by atoms with E-state index in [9.17, 15) is 9.59 Å². The second-order valence-corrected chi connectivity index (χ2v) is 4.04. The molecule has 2 rings (SSSR count). The molecular formula is C10H16N2O3. The summed E-state index contributed by atoms with van der Waals surface area (Å²) in [5, 5.41) is 3.34. The third-order valence-electron chi connectivity index (χ3n) is 2.90. The molecule has 2 heterocycles. The van der Waals surface area contributed by atoms with Gasteiger partial charge in [-0.3, -0.25) is 9.59 Å². The molecule has 5 heteroatoms. The maximum atomic E-state index is 11.6. The summed E-state index contributed by atoms with van der Waals surface area (Å²) in [7, 11) is 0. The highest BCUT2D eigenvalue weighted by atomic mass is 16.5. The molecule has 0 spiro atoms. The largest absolute Gasteiger partial charge is 0.456 e. The van der Waals surface area contributed by atoms with Crippen LogP contribution in [0, 0.1) is 0 Å². The average Bonchev–Trinajstić information content (AvgIpc) is 2.67. The topological polar surface area (TPSA) is 58.6 Å². The minimum absolute atomic E-state index is 0.0745. The SMILES string of the molecule is O=C1CCN(CC2CCCN2)C(=O)CO1. The Balaban J connectivity index is 1.88. The molecule has 1 N–H and O–H groups in total. The summed E-state index contributed by atoms with van der Waals surface area (Å²) < 4.78 is 4.76.